The summed E-state index contributed by atoms with van der Waals surface area (Å²) in [5, 5.41) is 12.7. The number of hydrogen-bond donors (Lipinski definition) is 3. The third kappa shape index (κ3) is 2.92. The van der Waals surface area contributed by atoms with E-state index in [-0.39, 0.29) is 29.2 Å². The van der Waals surface area contributed by atoms with Crippen LogP contribution in [0.3, 0.4) is 0 Å². The van der Waals surface area contributed by atoms with E-state index >= 15 is 0 Å². The second-order valence-corrected chi connectivity index (χ2v) is 9.37. The average molecular weight is 420 g/mol. The quantitative estimate of drug-likeness (QED) is 0.672. The summed E-state index contributed by atoms with van der Waals surface area (Å²) < 4.78 is 38.2. The number of benzene rings is 1. The highest BCUT2D eigenvalue weighted by Crippen LogP contribution is 2.42. The first-order valence-corrected chi connectivity index (χ1v) is 11.1. The van der Waals surface area contributed by atoms with E-state index < -0.39 is 15.9 Å². The van der Waals surface area contributed by atoms with Gasteiger partial charge in [-0.15, -0.1) is 4.36 Å². The molecule has 5 rings (SSSR count). The first-order valence-electron chi connectivity index (χ1n) is 9.50. The summed E-state index contributed by atoms with van der Waals surface area (Å²) in [5.41, 5.74) is 9.36. The SMILES string of the molecule is NC1COc2c(S(N)(=O)=NC(=O)Nc3c4c(c(F)c5c3CC5)CCC4)cnn2C1. The number of amides is 2. The number of ether oxygens (including phenoxy) is 1. The van der Waals surface area contributed by atoms with Gasteiger partial charge in [0.05, 0.1) is 18.8 Å². The summed E-state index contributed by atoms with van der Waals surface area (Å²) in [7, 11) is -3.58. The average Bonchev–Trinajstić information content (AvgIpc) is 3.25. The summed E-state index contributed by atoms with van der Waals surface area (Å²) in [6.45, 7) is 0.624. The lowest BCUT2D eigenvalue weighted by Gasteiger charge is -2.26. The van der Waals surface area contributed by atoms with Crippen molar-refractivity contribution in [3.63, 3.8) is 0 Å². The van der Waals surface area contributed by atoms with Crippen LogP contribution < -0.4 is 20.9 Å². The minimum Gasteiger partial charge on any atom is -0.475 e. The molecule has 0 radical (unpaired) electrons. The van der Waals surface area contributed by atoms with Gasteiger partial charge in [0, 0.05) is 5.69 Å². The molecule has 2 atom stereocenters. The van der Waals surface area contributed by atoms with Crippen LogP contribution in [0, 0.1) is 5.82 Å². The van der Waals surface area contributed by atoms with Crippen molar-refractivity contribution in [1.29, 1.82) is 0 Å². The van der Waals surface area contributed by atoms with Crippen LogP contribution in [0.2, 0.25) is 0 Å². The zero-order valence-corrected chi connectivity index (χ0v) is 16.4. The maximum Gasteiger partial charge on any atom is 0.354 e. The third-order valence-corrected chi connectivity index (χ3v) is 7.05. The van der Waals surface area contributed by atoms with Gasteiger partial charge in [0.25, 0.3) is 0 Å². The van der Waals surface area contributed by atoms with Crippen molar-refractivity contribution in [2.24, 2.45) is 15.2 Å². The second-order valence-electron chi connectivity index (χ2n) is 7.61. The van der Waals surface area contributed by atoms with E-state index in [9.17, 15) is 13.4 Å². The number of carbonyl (C=O) groups excluding carboxylic acids is 1. The molecular formula is C18H21FN6O3S. The number of anilines is 1. The fourth-order valence-corrected chi connectivity index (χ4v) is 5.27. The molecule has 2 unspecified atom stereocenters. The first-order chi connectivity index (χ1) is 13.8. The van der Waals surface area contributed by atoms with E-state index in [1.165, 1.54) is 10.9 Å². The zero-order valence-electron chi connectivity index (χ0n) is 15.6. The highest BCUT2D eigenvalue weighted by atomic mass is 32.2. The van der Waals surface area contributed by atoms with Crippen molar-refractivity contribution in [2.75, 3.05) is 11.9 Å². The topological polar surface area (TPSA) is 138 Å². The highest BCUT2D eigenvalue weighted by molar-refractivity contribution is 7.91. The Kier molecular flexibility index (Phi) is 4.16. The molecule has 0 saturated heterocycles. The number of nitrogens with zero attached hydrogens (tertiary/aromatic N) is 3. The molecule has 29 heavy (non-hydrogen) atoms. The van der Waals surface area contributed by atoms with Crippen LogP contribution in [0.15, 0.2) is 15.5 Å². The number of carbonyl (C=O) groups is 1. The summed E-state index contributed by atoms with van der Waals surface area (Å²) >= 11 is 0. The normalized spacial score (nSPS) is 21.1. The molecule has 9 nitrogen and oxygen atoms in total. The molecule has 2 aliphatic carbocycles. The van der Waals surface area contributed by atoms with Gasteiger partial charge in [-0.25, -0.2) is 23.2 Å². The molecule has 11 heteroatoms. The Bertz CT molecular complexity index is 1170. The number of hydrogen-bond acceptors (Lipinski definition) is 5. The number of nitrogens with one attached hydrogen (secondary N) is 1. The van der Waals surface area contributed by atoms with Gasteiger partial charge >= 0.3 is 6.03 Å². The van der Waals surface area contributed by atoms with Crippen molar-refractivity contribution in [2.45, 2.75) is 49.6 Å². The van der Waals surface area contributed by atoms with Crippen LogP contribution in [0.5, 0.6) is 5.88 Å². The Morgan fingerprint density at radius 2 is 1.97 bits per heavy atom. The van der Waals surface area contributed by atoms with Gasteiger partial charge in [0.2, 0.25) is 5.88 Å². The fourth-order valence-electron chi connectivity index (χ4n) is 4.27. The molecule has 0 spiro atoms. The van der Waals surface area contributed by atoms with Crippen LogP contribution in [-0.2, 0) is 42.1 Å². The molecular weight excluding hydrogens is 399 g/mol. The smallest absolute Gasteiger partial charge is 0.354 e. The van der Waals surface area contributed by atoms with E-state index in [1.807, 2.05) is 0 Å². The summed E-state index contributed by atoms with van der Waals surface area (Å²) in [4.78, 5) is 12.6. The molecule has 2 amide bonds. The van der Waals surface area contributed by atoms with E-state index in [0.29, 0.717) is 49.0 Å². The standard InChI is InChI=1S/C18H21FN6O3S/c19-15-10-2-1-3-12(10)16(13-5-4-11(13)15)23-18(26)24-29(21,27)14-6-22-25-7-9(20)8-28-17(14)25/h6,9H,1-5,7-8,20H2,(H3,21,23,24,26,27). The Labute approximate surface area is 166 Å². The third-order valence-electron chi connectivity index (χ3n) is 5.71. The number of fused-ring (bicyclic) bond motifs is 3. The number of halogens is 1. The molecule has 1 aromatic heterocycles. The van der Waals surface area contributed by atoms with Crippen LogP contribution in [-0.4, -0.2) is 32.7 Å². The molecule has 1 aliphatic heterocycles. The van der Waals surface area contributed by atoms with Crippen molar-refractivity contribution in [3.05, 3.63) is 34.3 Å². The Morgan fingerprint density at radius 1 is 1.28 bits per heavy atom. The molecule has 0 fully saturated rings. The van der Waals surface area contributed by atoms with Gasteiger partial charge in [0.15, 0.2) is 9.92 Å². The van der Waals surface area contributed by atoms with Crippen LogP contribution in [0.25, 0.3) is 0 Å². The van der Waals surface area contributed by atoms with Crippen LogP contribution in [0.4, 0.5) is 14.9 Å². The van der Waals surface area contributed by atoms with Crippen molar-refractivity contribution >= 4 is 21.6 Å². The molecule has 1 aromatic carbocycles. The maximum absolute atomic E-state index is 14.5. The van der Waals surface area contributed by atoms with Gasteiger partial charge < -0.3 is 15.8 Å². The summed E-state index contributed by atoms with van der Waals surface area (Å²) in [6, 6.07) is -1.07. The lowest BCUT2D eigenvalue weighted by molar-refractivity contribution is 0.200. The molecule has 154 valence electrons. The van der Waals surface area contributed by atoms with Gasteiger partial charge in [0.1, 0.15) is 17.3 Å². The molecule has 2 aromatic rings. The molecule has 5 N–H and O–H groups in total. The first kappa shape index (κ1) is 18.5. The summed E-state index contributed by atoms with van der Waals surface area (Å²) in [6.07, 6.45) is 4.82. The lowest BCUT2D eigenvalue weighted by Crippen LogP contribution is -2.37. The molecule has 3 aliphatic rings. The number of urea groups is 1. The van der Waals surface area contributed by atoms with E-state index in [0.717, 1.165) is 17.5 Å². The van der Waals surface area contributed by atoms with Gasteiger partial charge in [-0.1, -0.05) is 0 Å². The highest BCUT2D eigenvalue weighted by Gasteiger charge is 2.32. The molecule has 0 saturated carbocycles. The van der Waals surface area contributed by atoms with Crippen molar-refractivity contribution in [3.8, 4) is 5.88 Å². The van der Waals surface area contributed by atoms with Gasteiger partial charge in [-0.3, -0.25) is 0 Å². The van der Waals surface area contributed by atoms with Crippen molar-refractivity contribution in [1.82, 2.24) is 9.78 Å². The number of nitrogens with two attached hydrogens (primary N) is 2. The predicted molar refractivity (Wildman–Crippen MR) is 104 cm³/mol. The largest absolute Gasteiger partial charge is 0.475 e. The van der Waals surface area contributed by atoms with Gasteiger partial charge in [-0.2, -0.15) is 5.10 Å². The lowest BCUT2D eigenvalue weighted by atomic mass is 9.83. The van der Waals surface area contributed by atoms with E-state index in [4.69, 9.17) is 15.6 Å². The van der Waals surface area contributed by atoms with E-state index in [2.05, 4.69) is 14.8 Å². The Balaban J connectivity index is 1.47. The minimum atomic E-state index is -3.58. The zero-order chi connectivity index (χ0) is 20.3. The minimum absolute atomic E-state index is 0.0527. The number of rotatable bonds is 2. The maximum atomic E-state index is 14.5. The predicted octanol–water partition coefficient (Wildman–Crippen LogP) is 1.26. The second kappa shape index (κ2) is 6.51. The Morgan fingerprint density at radius 3 is 2.72 bits per heavy atom. The fraction of sp³-hybridized carbons (Fsp3) is 0.444. The van der Waals surface area contributed by atoms with Gasteiger partial charge in [-0.05, 0) is 54.4 Å². The number of aromatic nitrogens is 2. The Hall–Kier alpha value is -2.50. The summed E-state index contributed by atoms with van der Waals surface area (Å²) in [5.74, 6) is 0.0701. The molecule has 0 bridgehead atoms. The van der Waals surface area contributed by atoms with Crippen LogP contribution >= 0.6 is 0 Å². The van der Waals surface area contributed by atoms with Crippen LogP contribution in [0.1, 0.15) is 28.7 Å². The van der Waals surface area contributed by atoms with Crippen molar-refractivity contribution < 1.29 is 18.1 Å². The van der Waals surface area contributed by atoms with E-state index in [1.54, 1.807) is 0 Å². The monoisotopic (exact) mass is 420 g/mol. The molecule has 2 heterocycles.